The van der Waals surface area contributed by atoms with Crippen molar-refractivity contribution in [2.45, 2.75) is 38.0 Å². The van der Waals surface area contributed by atoms with Gasteiger partial charge < -0.3 is 0 Å². The van der Waals surface area contributed by atoms with Crippen LogP contribution in [0.5, 0.6) is 0 Å². The number of hydrogen-bond donors (Lipinski definition) is 0. The van der Waals surface area contributed by atoms with Crippen LogP contribution in [-0.4, -0.2) is 4.98 Å². The fourth-order valence-electron chi connectivity index (χ4n) is 2.13. The molecule has 0 spiro atoms. The van der Waals surface area contributed by atoms with E-state index in [-0.39, 0.29) is 0 Å². The van der Waals surface area contributed by atoms with Crippen LogP contribution >= 0.6 is 0 Å². The smallest absolute Gasteiger partial charge is 0.0270 e. The van der Waals surface area contributed by atoms with Gasteiger partial charge in [0, 0.05) is 12.4 Å². The zero-order valence-electron chi connectivity index (χ0n) is 8.52. The molecular formula is C13H17N. The van der Waals surface area contributed by atoms with Crippen LogP contribution in [0.15, 0.2) is 36.7 Å². The van der Waals surface area contributed by atoms with E-state index in [2.05, 4.69) is 29.3 Å². The SMILES string of the molecule is C1=C/CCC(c2ccncc2)CCC/1. The van der Waals surface area contributed by atoms with Crippen LogP contribution in [0.25, 0.3) is 0 Å². The summed E-state index contributed by atoms with van der Waals surface area (Å²) in [6.45, 7) is 0. The lowest BCUT2D eigenvalue weighted by atomic mass is 9.88. The molecule has 0 aliphatic heterocycles. The van der Waals surface area contributed by atoms with Gasteiger partial charge >= 0.3 is 0 Å². The number of pyridine rings is 1. The Labute approximate surface area is 85.9 Å². The molecule has 1 heteroatoms. The molecular weight excluding hydrogens is 170 g/mol. The molecule has 1 heterocycles. The molecule has 1 nitrogen and oxygen atoms in total. The third kappa shape index (κ3) is 2.44. The first-order chi connectivity index (χ1) is 6.97. The molecule has 14 heavy (non-hydrogen) atoms. The van der Waals surface area contributed by atoms with Crippen molar-refractivity contribution in [3.63, 3.8) is 0 Å². The maximum atomic E-state index is 4.07. The van der Waals surface area contributed by atoms with E-state index in [4.69, 9.17) is 0 Å². The Morgan fingerprint density at radius 2 is 1.79 bits per heavy atom. The van der Waals surface area contributed by atoms with Crippen LogP contribution in [0, 0.1) is 0 Å². The first kappa shape index (κ1) is 9.45. The Morgan fingerprint density at radius 1 is 1.00 bits per heavy atom. The van der Waals surface area contributed by atoms with Crippen molar-refractivity contribution in [3.8, 4) is 0 Å². The summed E-state index contributed by atoms with van der Waals surface area (Å²) in [7, 11) is 0. The van der Waals surface area contributed by atoms with E-state index in [1.807, 2.05) is 12.4 Å². The third-order valence-corrected chi connectivity index (χ3v) is 2.95. The van der Waals surface area contributed by atoms with Gasteiger partial charge in [0.25, 0.3) is 0 Å². The molecule has 1 aliphatic rings. The molecule has 74 valence electrons. The van der Waals surface area contributed by atoms with Crippen molar-refractivity contribution >= 4 is 0 Å². The second-order valence-electron chi connectivity index (χ2n) is 3.96. The van der Waals surface area contributed by atoms with E-state index in [1.165, 1.54) is 37.7 Å². The van der Waals surface area contributed by atoms with Crippen molar-refractivity contribution in [2.24, 2.45) is 0 Å². The Morgan fingerprint density at radius 3 is 2.64 bits per heavy atom. The average molecular weight is 187 g/mol. The van der Waals surface area contributed by atoms with E-state index < -0.39 is 0 Å². The summed E-state index contributed by atoms with van der Waals surface area (Å²) in [6, 6.07) is 4.33. The van der Waals surface area contributed by atoms with E-state index in [0.29, 0.717) is 0 Å². The first-order valence-electron chi connectivity index (χ1n) is 5.52. The van der Waals surface area contributed by atoms with Gasteiger partial charge in [0.05, 0.1) is 0 Å². The van der Waals surface area contributed by atoms with Crippen molar-refractivity contribution in [3.05, 3.63) is 42.2 Å². The largest absolute Gasteiger partial charge is 0.265 e. The average Bonchev–Trinajstić information content (AvgIpc) is 2.18. The maximum Gasteiger partial charge on any atom is 0.0270 e. The second-order valence-corrected chi connectivity index (χ2v) is 3.96. The minimum atomic E-state index is 0.753. The maximum absolute atomic E-state index is 4.07. The lowest BCUT2D eigenvalue weighted by Gasteiger charge is -2.17. The molecule has 0 bridgehead atoms. The summed E-state index contributed by atoms with van der Waals surface area (Å²) >= 11 is 0. The minimum absolute atomic E-state index is 0.753. The van der Waals surface area contributed by atoms with Crippen LogP contribution in [0.4, 0.5) is 0 Å². The number of allylic oxidation sites excluding steroid dienone is 2. The Balaban J connectivity index is 2.06. The van der Waals surface area contributed by atoms with Gasteiger partial charge in [0.2, 0.25) is 0 Å². The molecule has 0 saturated carbocycles. The predicted octanol–water partition coefficient (Wildman–Crippen LogP) is 3.69. The molecule has 1 aromatic heterocycles. The van der Waals surface area contributed by atoms with E-state index in [0.717, 1.165) is 5.92 Å². The molecule has 0 amide bonds. The molecule has 0 radical (unpaired) electrons. The minimum Gasteiger partial charge on any atom is -0.265 e. The monoisotopic (exact) mass is 187 g/mol. The lowest BCUT2D eigenvalue weighted by molar-refractivity contribution is 0.550. The Kier molecular flexibility index (Phi) is 3.33. The van der Waals surface area contributed by atoms with E-state index in [9.17, 15) is 0 Å². The Bertz CT molecular complexity index is 289. The quantitative estimate of drug-likeness (QED) is 0.611. The van der Waals surface area contributed by atoms with Crippen LogP contribution < -0.4 is 0 Å². The topological polar surface area (TPSA) is 12.9 Å². The number of nitrogens with zero attached hydrogens (tertiary/aromatic N) is 1. The van der Waals surface area contributed by atoms with Crippen molar-refractivity contribution < 1.29 is 0 Å². The highest BCUT2D eigenvalue weighted by Gasteiger charge is 2.10. The summed E-state index contributed by atoms with van der Waals surface area (Å²) < 4.78 is 0. The van der Waals surface area contributed by atoms with Gasteiger partial charge in [-0.1, -0.05) is 12.2 Å². The van der Waals surface area contributed by atoms with Crippen molar-refractivity contribution in [1.82, 2.24) is 4.98 Å². The van der Waals surface area contributed by atoms with Gasteiger partial charge in [0.1, 0.15) is 0 Å². The van der Waals surface area contributed by atoms with Crippen molar-refractivity contribution in [2.75, 3.05) is 0 Å². The van der Waals surface area contributed by atoms with Crippen LogP contribution in [0.3, 0.4) is 0 Å². The van der Waals surface area contributed by atoms with Crippen LogP contribution in [-0.2, 0) is 0 Å². The zero-order chi connectivity index (χ0) is 9.64. The van der Waals surface area contributed by atoms with Gasteiger partial charge in [-0.3, -0.25) is 4.98 Å². The van der Waals surface area contributed by atoms with Crippen molar-refractivity contribution in [1.29, 1.82) is 0 Å². The molecule has 2 rings (SSSR count). The highest BCUT2D eigenvalue weighted by molar-refractivity contribution is 5.16. The van der Waals surface area contributed by atoms with Gasteiger partial charge in [-0.05, 0) is 55.7 Å². The molecule has 0 N–H and O–H groups in total. The summed E-state index contributed by atoms with van der Waals surface area (Å²) in [4.78, 5) is 4.07. The predicted molar refractivity (Wildman–Crippen MR) is 59.2 cm³/mol. The number of hydrogen-bond acceptors (Lipinski definition) is 1. The van der Waals surface area contributed by atoms with Gasteiger partial charge in [-0.15, -0.1) is 0 Å². The normalized spacial score (nSPS) is 25.0. The summed E-state index contributed by atoms with van der Waals surface area (Å²) in [5, 5.41) is 0. The van der Waals surface area contributed by atoms with Gasteiger partial charge in [-0.25, -0.2) is 0 Å². The summed E-state index contributed by atoms with van der Waals surface area (Å²) in [5.74, 6) is 0.753. The zero-order valence-corrected chi connectivity index (χ0v) is 8.52. The highest BCUT2D eigenvalue weighted by Crippen LogP contribution is 2.28. The van der Waals surface area contributed by atoms with Gasteiger partial charge in [0.15, 0.2) is 0 Å². The molecule has 1 aromatic rings. The summed E-state index contributed by atoms with van der Waals surface area (Å²) in [5.41, 5.74) is 1.47. The molecule has 1 unspecified atom stereocenters. The standard InChI is InChI=1S/C13H17N/c1-2-4-6-12(7-5-3-1)13-8-10-14-11-9-13/h1-2,8-12H,3-7H2/b2-1+. The van der Waals surface area contributed by atoms with Gasteiger partial charge in [-0.2, -0.15) is 0 Å². The molecule has 0 fully saturated rings. The fraction of sp³-hybridized carbons (Fsp3) is 0.462. The number of rotatable bonds is 1. The highest BCUT2D eigenvalue weighted by atomic mass is 14.6. The number of aromatic nitrogens is 1. The van der Waals surface area contributed by atoms with Crippen LogP contribution in [0.2, 0.25) is 0 Å². The van der Waals surface area contributed by atoms with Crippen LogP contribution in [0.1, 0.15) is 43.6 Å². The molecule has 1 aliphatic carbocycles. The second kappa shape index (κ2) is 4.94. The van der Waals surface area contributed by atoms with E-state index in [1.54, 1.807) is 0 Å². The third-order valence-electron chi connectivity index (χ3n) is 2.95. The molecule has 1 atom stereocenters. The lowest BCUT2D eigenvalue weighted by Crippen LogP contribution is -2.00. The van der Waals surface area contributed by atoms with E-state index >= 15 is 0 Å². The first-order valence-corrected chi connectivity index (χ1v) is 5.52. The molecule has 0 aromatic carbocycles. The fourth-order valence-corrected chi connectivity index (χ4v) is 2.13. The summed E-state index contributed by atoms with van der Waals surface area (Å²) in [6.07, 6.45) is 14.9. The Hall–Kier alpha value is -1.11. The molecule has 0 saturated heterocycles.